The molecule has 4 bridgehead atoms. The number of carbonyl (C=O) groups is 1. The maximum absolute atomic E-state index is 12.8. The zero-order chi connectivity index (χ0) is 19.4. The SMILES string of the molecule is COc1ccc(C(=O)N[C@@H](C)C23CC4CC(CC(C4)C2)C3)cc1S(N)(=O)=O. The van der Waals surface area contributed by atoms with E-state index in [4.69, 9.17) is 9.88 Å². The lowest BCUT2D eigenvalue weighted by atomic mass is 9.48. The van der Waals surface area contributed by atoms with Gasteiger partial charge in [0, 0.05) is 11.6 Å². The minimum absolute atomic E-state index is 0.0680. The van der Waals surface area contributed by atoms with Crippen LogP contribution in [0.1, 0.15) is 55.8 Å². The number of methoxy groups -OCH3 is 1. The van der Waals surface area contributed by atoms with Crippen molar-refractivity contribution in [3.05, 3.63) is 23.8 Å². The Hall–Kier alpha value is -1.60. The van der Waals surface area contributed by atoms with Crippen LogP contribution in [0, 0.1) is 23.2 Å². The van der Waals surface area contributed by atoms with Crippen molar-refractivity contribution < 1.29 is 17.9 Å². The van der Waals surface area contributed by atoms with Gasteiger partial charge in [0.15, 0.2) is 0 Å². The number of sulfonamides is 1. The molecule has 0 spiro atoms. The number of amides is 1. The Morgan fingerprint density at radius 1 is 1.19 bits per heavy atom. The van der Waals surface area contributed by atoms with Gasteiger partial charge in [-0.1, -0.05) is 0 Å². The average molecular weight is 393 g/mol. The highest BCUT2D eigenvalue weighted by molar-refractivity contribution is 7.89. The van der Waals surface area contributed by atoms with Crippen molar-refractivity contribution in [2.45, 2.75) is 56.4 Å². The molecule has 1 atom stereocenters. The van der Waals surface area contributed by atoms with Gasteiger partial charge in [-0.25, -0.2) is 13.6 Å². The van der Waals surface area contributed by atoms with Gasteiger partial charge in [-0.15, -0.1) is 0 Å². The Bertz CT molecular complexity index is 829. The van der Waals surface area contributed by atoms with E-state index in [0.717, 1.165) is 17.8 Å². The van der Waals surface area contributed by atoms with Crippen molar-refractivity contribution in [2.75, 3.05) is 7.11 Å². The minimum Gasteiger partial charge on any atom is -0.495 e. The third-order valence-corrected chi connectivity index (χ3v) is 8.02. The lowest BCUT2D eigenvalue weighted by Gasteiger charge is -2.59. The second-order valence-electron chi connectivity index (χ2n) is 8.89. The van der Waals surface area contributed by atoms with E-state index in [1.54, 1.807) is 6.07 Å². The number of ether oxygens (including phenoxy) is 1. The van der Waals surface area contributed by atoms with Gasteiger partial charge in [-0.3, -0.25) is 4.79 Å². The topological polar surface area (TPSA) is 98.5 Å². The summed E-state index contributed by atoms with van der Waals surface area (Å²) >= 11 is 0. The van der Waals surface area contributed by atoms with Crippen molar-refractivity contribution in [1.82, 2.24) is 5.32 Å². The summed E-state index contributed by atoms with van der Waals surface area (Å²) in [5.74, 6) is 2.32. The molecule has 4 saturated carbocycles. The number of nitrogens with one attached hydrogen (secondary N) is 1. The summed E-state index contributed by atoms with van der Waals surface area (Å²) in [4.78, 5) is 12.7. The van der Waals surface area contributed by atoms with Crippen molar-refractivity contribution in [2.24, 2.45) is 28.3 Å². The normalized spacial score (nSPS) is 32.9. The zero-order valence-electron chi connectivity index (χ0n) is 15.9. The van der Waals surface area contributed by atoms with Gasteiger partial charge in [0.2, 0.25) is 10.0 Å². The molecule has 1 aromatic carbocycles. The lowest BCUT2D eigenvalue weighted by Crippen LogP contribution is -2.55. The van der Waals surface area contributed by atoms with E-state index < -0.39 is 10.0 Å². The van der Waals surface area contributed by atoms with E-state index in [-0.39, 0.29) is 33.6 Å². The van der Waals surface area contributed by atoms with E-state index in [1.807, 2.05) is 0 Å². The van der Waals surface area contributed by atoms with E-state index in [1.165, 1.54) is 57.8 Å². The molecule has 0 heterocycles. The molecule has 0 radical (unpaired) electrons. The first kappa shape index (κ1) is 18.7. The fraction of sp³-hybridized carbons (Fsp3) is 0.650. The monoisotopic (exact) mass is 392 g/mol. The van der Waals surface area contributed by atoms with Crippen LogP contribution < -0.4 is 15.2 Å². The number of nitrogens with two attached hydrogens (primary N) is 1. The Morgan fingerprint density at radius 2 is 1.74 bits per heavy atom. The van der Waals surface area contributed by atoms with Gasteiger partial charge < -0.3 is 10.1 Å². The van der Waals surface area contributed by atoms with Gasteiger partial charge in [0.1, 0.15) is 10.6 Å². The molecular formula is C20H28N2O4S. The number of benzene rings is 1. The van der Waals surface area contributed by atoms with Gasteiger partial charge in [0.25, 0.3) is 5.91 Å². The fourth-order valence-corrected chi connectivity index (χ4v) is 6.90. The highest BCUT2D eigenvalue weighted by Crippen LogP contribution is 2.61. The minimum atomic E-state index is -3.97. The van der Waals surface area contributed by atoms with Crippen LogP contribution in [0.15, 0.2) is 23.1 Å². The first-order valence-electron chi connectivity index (χ1n) is 9.72. The molecule has 4 aliphatic rings. The van der Waals surface area contributed by atoms with Gasteiger partial charge in [-0.2, -0.15) is 0 Å². The highest BCUT2D eigenvalue weighted by Gasteiger charge is 2.53. The molecule has 7 heteroatoms. The number of carbonyl (C=O) groups excluding carboxylic acids is 1. The highest BCUT2D eigenvalue weighted by atomic mass is 32.2. The number of hydrogen-bond donors (Lipinski definition) is 2. The van der Waals surface area contributed by atoms with Crippen LogP contribution in [-0.2, 0) is 10.0 Å². The summed E-state index contributed by atoms with van der Waals surface area (Å²) in [5, 5.41) is 8.42. The molecule has 5 rings (SSSR count). The van der Waals surface area contributed by atoms with E-state index in [9.17, 15) is 13.2 Å². The maximum atomic E-state index is 12.8. The molecule has 0 saturated heterocycles. The second kappa shape index (κ2) is 6.48. The second-order valence-corrected chi connectivity index (χ2v) is 10.4. The molecule has 0 aliphatic heterocycles. The van der Waals surface area contributed by atoms with Crippen LogP contribution in [0.5, 0.6) is 5.75 Å². The van der Waals surface area contributed by atoms with Crippen LogP contribution in [-0.4, -0.2) is 27.5 Å². The van der Waals surface area contributed by atoms with Crippen LogP contribution >= 0.6 is 0 Å². The summed E-state index contributed by atoms with van der Waals surface area (Å²) in [5.41, 5.74) is 0.482. The molecular weight excluding hydrogens is 364 g/mol. The van der Waals surface area contributed by atoms with Gasteiger partial charge in [-0.05, 0) is 86.8 Å². The van der Waals surface area contributed by atoms with Crippen LogP contribution in [0.3, 0.4) is 0 Å². The summed E-state index contributed by atoms with van der Waals surface area (Å²) in [7, 11) is -2.60. The first-order chi connectivity index (χ1) is 12.7. The molecule has 3 N–H and O–H groups in total. The number of primary sulfonamides is 1. The van der Waals surface area contributed by atoms with E-state index in [2.05, 4.69) is 12.2 Å². The predicted molar refractivity (Wildman–Crippen MR) is 102 cm³/mol. The van der Waals surface area contributed by atoms with Crippen LogP contribution in [0.25, 0.3) is 0 Å². The van der Waals surface area contributed by atoms with Crippen molar-refractivity contribution in [3.8, 4) is 5.75 Å². The summed E-state index contributed by atoms with van der Waals surface area (Å²) in [6.45, 7) is 2.11. The molecule has 1 amide bonds. The molecule has 27 heavy (non-hydrogen) atoms. The predicted octanol–water partition coefficient (Wildman–Crippen LogP) is 2.68. The fourth-order valence-electron chi connectivity index (χ4n) is 6.18. The third kappa shape index (κ3) is 3.36. The van der Waals surface area contributed by atoms with Gasteiger partial charge >= 0.3 is 0 Å². The van der Waals surface area contributed by atoms with Gasteiger partial charge in [0.05, 0.1) is 7.11 Å². The van der Waals surface area contributed by atoms with Crippen molar-refractivity contribution in [1.29, 1.82) is 0 Å². The average Bonchev–Trinajstić information content (AvgIpc) is 2.59. The Morgan fingerprint density at radius 3 is 2.22 bits per heavy atom. The molecule has 4 aliphatic carbocycles. The van der Waals surface area contributed by atoms with Crippen molar-refractivity contribution in [3.63, 3.8) is 0 Å². The smallest absolute Gasteiger partial charge is 0.251 e. The first-order valence-corrected chi connectivity index (χ1v) is 11.3. The Labute approximate surface area is 160 Å². The quantitative estimate of drug-likeness (QED) is 0.805. The molecule has 0 aromatic heterocycles. The van der Waals surface area contributed by atoms with Crippen LogP contribution in [0.2, 0.25) is 0 Å². The maximum Gasteiger partial charge on any atom is 0.251 e. The van der Waals surface area contributed by atoms with E-state index in [0.29, 0.717) is 0 Å². The molecule has 4 fully saturated rings. The molecule has 1 aromatic rings. The lowest BCUT2D eigenvalue weighted by molar-refractivity contribution is -0.0688. The summed E-state index contributed by atoms with van der Waals surface area (Å²) in [6.07, 6.45) is 7.67. The molecule has 0 unspecified atom stereocenters. The summed E-state index contributed by atoms with van der Waals surface area (Å²) in [6, 6.07) is 4.42. The standard InChI is InChI=1S/C20H28N2O4S/c1-12(20-9-13-5-14(10-20)7-15(6-13)11-20)22-19(23)16-3-4-17(26-2)18(8-16)27(21,24)25/h3-4,8,12-15H,5-7,9-11H2,1-2H3,(H,22,23)(H2,21,24,25)/t12-,13?,14?,15?,20?/m0/s1. The number of hydrogen-bond acceptors (Lipinski definition) is 4. The largest absolute Gasteiger partial charge is 0.495 e. The molecule has 6 nitrogen and oxygen atoms in total. The van der Waals surface area contributed by atoms with Crippen molar-refractivity contribution >= 4 is 15.9 Å². The Kier molecular flexibility index (Phi) is 4.50. The Balaban J connectivity index is 1.54. The third-order valence-electron chi connectivity index (χ3n) is 7.08. The molecule has 148 valence electrons. The van der Waals surface area contributed by atoms with E-state index >= 15 is 0 Å². The number of rotatable bonds is 5. The van der Waals surface area contributed by atoms with Crippen LogP contribution in [0.4, 0.5) is 0 Å². The summed E-state index contributed by atoms with van der Waals surface area (Å²) < 4.78 is 28.7. The zero-order valence-corrected chi connectivity index (χ0v) is 16.7.